The van der Waals surface area contributed by atoms with Gasteiger partial charge in [-0.1, -0.05) is 17.2 Å². The molecule has 2 aromatic heterocycles. The molecule has 3 amide bonds. The van der Waals surface area contributed by atoms with Gasteiger partial charge in [0.1, 0.15) is 6.54 Å². The molecule has 0 bridgehead atoms. The second kappa shape index (κ2) is 6.56. The first kappa shape index (κ1) is 16.8. The van der Waals surface area contributed by atoms with Crippen molar-refractivity contribution >= 4 is 34.7 Å². The van der Waals surface area contributed by atoms with Crippen molar-refractivity contribution in [3.8, 4) is 17.4 Å². The number of carbonyl (C=O) groups excluding carboxylic acids is 3. The Morgan fingerprint density at radius 2 is 2.00 bits per heavy atom. The maximum Gasteiger partial charge on any atom is 0.322 e. The highest BCUT2D eigenvalue weighted by molar-refractivity contribution is 6.05. The average Bonchev–Trinajstić information content (AvgIpc) is 3.36. The van der Waals surface area contributed by atoms with Crippen molar-refractivity contribution < 1.29 is 28.0 Å². The molecule has 0 aliphatic carbocycles. The number of likely N-dealkylation sites (tertiary alicyclic amines) is 1. The first-order valence-corrected chi connectivity index (χ1v) is 8.08. The lowest BCUT2D eigenvalue weighted by Gasteiger charge is -2.11. The molecule has 0 radical (unpaired) electrons. The molecule has 4 rings (SSSR count). The number of fused-ring (bicyclic) bond motifs is 1. The molecular formula is C17H14N4O6. The summed E-state index contributed by atoms with van der Waals surface area (Å²) in [5, 5.41) is 10.7. The third-order valence-corrected chi connectivity index (χ3v) is 4.07. The van der Waals surface area contributed by atoms with E-state index >= 15 is 0 Å². The van der Waals surface area contributed by atoms with E-state index in [2.05, 4.69) is 15.5 Å². The van der Waals surface area contributed by atoms with Gasteiger partial charge in [-0.25, -0.2) is 0 Å². The van der Waals surface area contributed by atoms with Crippen LogP contribution in [0.25, 0.3) is 22.6 Å². The quantitative estimate of drug-likeness (QED) is 0.671. The number of furan rings is 1. The molecule has 138 valence electrons. The third kappa shape index (κ3) is 3.12. The summed E-state index contributed by atoms with van der Waals surface area (Å²) in [5.74, 6) is -0.425. The van der Waals surface area contributed by atoms with Gasteiger partial charge in [0.15, 0.2) is 17.1 Å². The van der Waals surface area contributed by atoms with Crippen molar-refractivity contribution in [2.24, 2.45) is 0 Å². The Morgan fingerprint density at radius 3 is 2.74 bits per heavy atom. The third-order valence-electron chi connectivity index (χ3n) is 4.07. The van der Waals surface area contributed by atoms with Gasteiger partial charge in [0.05, 0.1) is 7.11 Å². The lowest BCUT2D eigenvalue weighted by Crippen LogP contribution is -2.36. The molecule has 3 aromatic rings. The molecule has 0 saturated carbocycles. The van der Waals surface area contributed by atoms with Crippen LogP contribution in [0, 0.1) is 0 Å². The summed E-state index contributed by atoms with van der Waals surface area (Å²) in [7, 11) is 1.53. The first-order chi connectivity index (χ1) is 13.0. The van der Waals surface area contributed by atoms with Gasteiger partial charge in [-0.3, -0.25) is 24.6 Å². The summed E-state index contributed by atoms with van der Waals surface area (Å²) in [6.07, 6.45) is 0.235. The molecule has 1 aliphatic rings. The van der Waals surface area contributed by atoms with Crippen LogP contribution in [-0.2, 0) is 14.4 Å². The minimum atomic E-state index is -0.611. The largest absolute Gasteiger partial charge is 0.493 e. The smallest absolute Gasteiger partial charge is 0.322 e. The number of rotatable bonds is 5. The summed E-state index contributed by atoms with van der Waals surface area (Å²) >= 11 is 0. The van der Waals surface area contributed by atoms with Crippen LogP contribution in [0.15, 0.2) is 33.1 Å². The molecule has 27 heavy (non-hydrogen) atoms. The van der Waals surface area contributed by atoms with E-state index in [0.717, 1.165) is 10.3 Å². The van der Waals surface area contributed by atoms with E-state index < -0.39 is 12.5 Å². The second-order valence-electron chi connectivity index (χ2n) is 5.82. The van der Waals surface area contributed by atoms with E-state index in [1.807, 2.05) is 12.1 Å². The summed E-state index contributed by atoms with van der Waals surface area (Å²) in [5.41, 5.74) is 0.532. The molecule has 0 atom stereocenters. The fourth-order valence-electron chi connectivity index (χ4n) is 2.78. The number of amides is 3. The molecule has 1 aliphatic heterocycles. The van der Waals surface area contributed by atoms with Crippen LogP contribution in [-0.4, -0.2) is 46.5 Å². The zero-order chi connectivity index (χ0) is 19.0. The van der Waals surface area contributed by atoms with Gasteiger partial charge in [-0.2, -0.15) is 0 Å². The lowest BCUT2D eigenvalue weighted by molar-refractivity contribution is -0.141. The molecule has 0 spiro atoms. The monoisotopic (exact) mass is 370 g/mol. The maximum absolute atomic E-state index is 12.0. The fraction of sp³-hybridized carbons (Fsp3) is 0.235. The van der Waals surface area contributed by atoms with Crippen LogP contribution in [0.1, 0.15) is 12.8 Å². The van der Waals surface area contributed by atoms with Crippen molar-refractivity contribution in [1.82, 2.24) is 15.1 Å². The van der Waals surface area contributed by atoms with Gasteiger partial charge in [-0.15, -0.1) is 5.10 Å². The molecular weight excluding hydrogens is 356 g/mol. The normalized spacial score (nSPS) is 14.2. The number of nitrogens with zero attached hydrogens (tertiary/aromatic N) is 3. The van der Waals surface area contributed by atoms with E-state index in [-0.39, 0.29) is 36.6 Å². The van der Waals surface area contributed by atoms with Crippen LogP contribution in [0.5, 0.6) is 5.75 Å². The predicted octanol–water partition coefficient (Wildman–Crippen LogP) is 1.58. The van der Waals surface area contributed by atoms with Gasteiger partial charge < -0.3 is 13.6 Å². The average molecular weight is 370 g/mol. The van der Waals surface area contributed by atoms with Crippen molar-refractivity contribution in [2.75, 3.05) is 19.0 Å². The van der Waals surface area contributed by atoms with Gasteiger partial charge in [0, 0.05) is 18.2 Å². The highest BCUT2D eigenvalue weighted by atomic mass is 16.5. The highest BCUT2D eigenvalue weighted by Gasteiger charge is 2.30. The summed E-state index contributed by atoms with van der Waals surface area (Å²) in [6, 6.07) is 6.96. The molecule has 0 unspecified atom stereocenters. The van der Waals surface area contributed by atoms with Crippen LogP contribution in [0.2, 0.25) is 0 Å². The minimum Gasteiger partial charge on any atom is -0.493 e. The van der Waals surface area contributed by atoms with Crippen LogP contribution in [0.4, 0.5) is 6.01 Å². The van der Waals surface area contributed by atoms with Gasteiger partial charge in [0.2, 0.25) is 17.7 Å². The molecule has 1 N–H and O–H groups in total. The Balaban J connectivity index is 1.49. The molecule has 1 fully saturated rings. The Kier molecular flexibility index (Phi) is 4.07. The number of anilines is 1. The minimum absolute atomic E-state index is 0.0666. The Bertz CT molecular complexity index is 1040. The second-order valence-corrected chi connectivity index (χ2v) is 5.82. The Labute approximate surface area is 152 Å². The SMILES string of the molecule is COc1cccc2cc(-c3nnc(NC(=O)CN4C(=O)CCC4=O)o3)oc12. The topological polar surface area (TPSA) is 128 Å². The predicted molar refractivity (Wildman–Crippen MR) is 90.6 cm³/mol. The van der Waals surface area contributed by atoms with E-state index in [0.29, 0.717) is 17.1 Å². The highest BCUT2D eigenvalue weighted by Crippen LogP contribution is 2.33. The van der Waals surface area contributed by atoms with E-state index in [1.54, 1.807) is 12.1 Å². The van der Waals surface area contributed by atoms with Crippen molar-refractivity contribution in [3.63, 3.8) is 0 Å². The van der Waals surface area contributed by atoms with E-state index in [4.69, 9.17) is 13.6 Å². The molecule has 1 aromatic carbocycles. The standard InChI is InChI=1S/C17H14N4O6/c1-25-10-4-2-3-9-7-11(26-15(9)10)16-19-20-17(27-16)18-12(22)8-21-13(23)5-6-14(21)24/h2-4,7H,5-6,8H2,1H3,(H,18,20,22). The van der Waals surface area contributed by atoms with E-state index in [1.165, 1.54) is 7.11 Å². The Hall–Kier alpha value is -3.69. The molecule has 10 heteroatoms. The van der Waals surface area contributed by atoms with Gasteiger partial charge in [0.25, 0.3) is 5.89 Å². The molecule has 1 saturated heterocycles. The fourth-order valence-corrected chi connectivity index (χ4v) is 2.78. The lowest BCUT2D eigenvalue weighted by atomic mass is 10.2. The van der Waals surface area contributed by atoms with Crippen molar-refractivity contribution in [3.05, 3.63) is 24.3 Å². The van der Waals surface area contributed by atoms with Gasteiger partial charge in [-0.05, 0) is 12.1 Å². The number of hydrogen-bond donors (Lipinski definition) is 1. The number of aromatic nitrogens is 2. The number of methoxy groups -OCH3 is 1. The summed E-state index contributed by atoms with van der Waals surface area (Å²) in [6.45, 7) is -0.392. The Morgan fingerprint density at radius 1 is 1.22 bits per heavy atom. The number of para-hydroxylation sites is 1. The van der Waals surface area contributed by atoms with E-state index in [9.17, 15) is 14.4 Å². The molecule has 3 heterocycles. The van der Waals surface area contributed by atoms with Crippen LogP contribution >= 0.6 is 0 Å². The number of ether oxygens (including phenoxy) is 1. The number of nitrogens with one attached hydrogen (secondary N) is 1. The maximum atomic E-state index is 12.0. The van der Waals surface area contributed by atoms with Crippen molar-refractivity contribution in [1.29, 1.82) is 0 Å². The first-order valence-electron chi connectivity index (χ1n) is 8.08. The van der Waals surface area contributed by atoms with Crippen LogP contribution < -0.4 is 10.1 Å². The summed E-state index contributed by atoms with van der Waals surface area (Å²) < 4.78 is 16.3. The van der Waals surface area contributed by atoms with Gasteiger partial charge >= 0.3 is 6.01 Å². The van der Waals surface area contributed by atoms with Crippen LogP contribution in [0.3, 0.4) is 0 Å². The number of imide groups is 1. The molecule has 10 nitrogen and oxygen atoms in total. The zero-order valence-electron chi connectivity index (χ0n) is 14.2. The van der Waals surface area contributed by atoms with Crippen molar-refractivity contribution in [2.45, 2.75) is 12.8 Å². The number of benzene rings is 1. The number of carbonyl (C=O) groups is 3. The summed E-state index contributed by atoms with van der Waals surface area (Å²) in [4.78, 5) is 36.0. The zero-order valence-corrected chi connectivity index (χ0v) is 14.2. The number of hydrogen-bond acceptors (Lipinski definition) is 8.